The van der Waals surface area contributed by atoms with Gasteiger partial charge in [-0.3, -0.25) is 0 Å². The summed E-state index contributed by atoms with van der Waals surface area (Å²) in [4.78, 5) is 2.69. The number of aliphatic hydroxyl groups is 1. The van der Waals surface area contributed by atoms with Gasteiger partial charge in [0.1, 0.15) is 0 Å². The topological polar surface area (TPSA) is 35.5 Å². The van der Waals surface area contributed by atoms with Crippen LogP contribution in [0.3, 0.4) is 0 Å². The number of aliphatic hydroxyl groups excluding tert-OH is 1. The summed E-state index contributed by atoms with van der Waals surface area (Å²) in [5, 5.41) is 13.8. The van der Waals surface area contributed by atoms with Gasteiger partial charge in [0.05, 0.1) is 6.10 Å². The molecule has 3 nitrogen and oxygen atoms in total. The number of rotatable bonds is 8. The van der Waals surface area contributed by atoms with Gasteiger partial charge in [-0.2, -0.15) is 0 Å². The van der Waals surface area contributed by atoms with Crippen molar-refractivity contribution in [1.82, 2.24) is 10.2 Å². The quantitative estimate of drug-likeness (QED) is 0.722. The van der Waals surface area contributed by atoms with Crippen molar-refractivity contribution in [2.24, 2.45) is 17.8 Å². The second kappa shape index (κ2) is 7.43. The van der Waals surface area contributed by atoms with Gasteiger partial charge >= 0.3 is 0 Å². The van der Waals surface area contributed by atoms with Crippen LogP contribution in [0, 0.1) is 17.8 Å². The Hall–Kier alpha value is -0.120. The molecular weight excluding hydrogens is 260 g/mol. The molecule has 1 saturated heterocycles. The number of hydrogen-bond acceptors (Lipinski definition) is 3. The van der Waals surface area contributed by atoms with E-state index in [0.717, 1.165) is 24.7 Å². The van der Waals surface area contributed by atoms with Crippen molar-refractivity contribution >= 4 is 0 Å². The van der Waals surface area contributed by atoms with Gasteiger partial charge in [-0.1, -0.05) is 13.3 Å². The SMILES string of the molecule is CCC(O)CC1CC(NCC2CCC2)CN(CC2CC2)C1. The summed E-state index contributed by atoms with van der Waals surface area (Å²) < 4.78 is 0. The summed E-state index contributed by atoms with van der Waals surface area (Å²) in [6, 6.07) is 0.659. The lowest BCUT2D eigenvalue weighted by Gasteiger charge is -2.40. The van der Waals surface area contributed by atoms with E-state index in [4.69, 9.17) is 0 Å². The molecule has 0 aromatic heterocycles. The first kappa shape index (κ1) is 15.8. The molecule has 3 fully saturated rings. The van der Waals surface area contributed by atoms with Crippen LogP contribution < -0.4 is 5.32 Å². The molecule has 0 spiro atoms. The maximum Gasteiger partial charge on any atom is 0.0540 e. The highest BCUT2D eigenvalue weighted by Crippen LogP contribution is 2.32. The molecule has 3 unspecified atom stereocenters. The highest BCUT2D eigenvalue weighted by Gasteiger charge is 2.32. The predicted octanol–water partition coefficient (Wildman–Crippen LogP) is 2.64. The maximum atomic E-state index is 10.0. The fourth-order valence-corrected chi connectivity index (χ4v) is 4.02. The van der Waals surface area contributed by atoms with E-state index >= 15 is 0 Å². The molecule has 0 bridgehead atoms. The molecule has 0 aromatic rings. The molecule has 3 rings (SSSR count). The molecule has 2 N–H and O–H groups in total. The third-order valence-electron chi connectivity index (χ3n) is 5.82. The molecule has 3 atom stereocenters. The molecule has 21 heavy (non-hydrogen) atoms. The first-order valence-electron chi connectivity index (χ1n) is 9.36. The summed E-state index contributed by atoms with van der Waals surface area (Å²) in [6.07, 6.45) is 10.3. The van der Waals surface area contributed by atoms with E-state index in [0.29, 0.717) is 12.0 Å². The van der Waals surface area contributed by atoms with Crippen molar-refractivity contribution in [3.63, 3.8) is 0 Å². The standard InChI is InChI=1S/C18H34N2O/c1-2-18(21)9-16-8-17(19-10-14-4-3-5-14)13-20(12-16)11-15-6-7-15/h14-19,21H,2-13H2,1H3. The second-order valence-electron chi connectivity index (χ2n) is 7.96. The normalized spacial score (nSPS) is 32.9. The summed E-state index contributed by atoms with van der Waals surface area (Å²) in [5.41, 5.74) is 0. The number of likely N-dealkylation sites (tertiary alicyclic amines) is 1. The average molecular weight is 294 g/mol. The van der Waals surface area contributed by atoms with Crippen molar-refractivity contribution in [2.45, 2.75) is 70.4 Å². The van der Waals surface area contributed by atoms with E-state index in [-0.39, 0.29) is 6.10 Å². The Morgan fingerprint density at radius 3 is 2.52 bits per heavy atom. The molecule has 0 aromatic carbocycles. The minimum Gasteiger partial charge on any atom is -0.393 e. The first-order valence-corrected chi connectivity index (χ1v) is 9.36. The molecule has 3 heteroatoms. The van der Waals surface area contributed by atoms with Crippen molar-refractivity contribution in [3.8, 4) is 0 Å². The zero-order chi connectivity index (χ0) is 14.7. The largest absolute Gasteiger partial charge is 0.393 e. The lowest BCUT2D eigenvalue weighted by Crippen LogP contribution is -2.51. The van der Waals surface area contributed by atoms with E-state index in [1.807, 2.05) is 0 Å². The number of nitrogens with one attached hydrogen (secondary N) is 1. The van der Waals surface area contributed by atoms with E-state index in [1.165, 1.54) is 64.7 Å². The zero-order valence-corrected chi connectivity index (χ0v) is 13.8. The van der Waals surface area contributed by atoms with Gasteiger partial charge < -0.3 is 15.3 Å². The Morgan fingerprint density at radius 1 is 1.10 bits per heavy atom. The fourth-order valence-electron chi connectivity index (χ4n) is 4.02. The van der Waals surface area contributed by atoms with Crippen LogP contribution in [0.2, 0.25) is 0 Å². The van der Waals surface area contributed by atoms with Crippen LogP contribution in [0.5, 0.6) is 0 Å². The number of nitrogens with zero attached hydrogens (tertiary/aromatic N) is 1. The summed E-state index contributed by atoms with van der Waals surface area (Å²) in [7, 11) is 0. The summed E-state index contributed by atoms with van der Waals surface area (Å²) >= 11 is 0. The highest BCUT2D eigenvalue weighted by atomic mass is 16.3. The van der Waals surface area contributed by atoms with Crippen molar-refractivity contribution < 1.29 is 5.11 Å². The lowest BCUT2D eigenvalue weighted by molar-refractivity contribution is 0.0796. The van der Waals surface area contributed by atoms with Crippen LogP contribution in [-0.2, 0) is 0 Å². The Morgan fingerprint density at radius 2 is 1.90 bits per heavy atom. The minimum absolute atomic E-state index is 0.0943. The Balaban J connectivity index is 1.48. The molecule has 122 valence electrons. The molecule has 2 aliphatic carbocycles. The van der Waals surface area contributed by atoms with Crippen molar-refractivity contribution in [2.75, 3.05) is 26.2 Å². The monoisotopic (exact) mass is 294 g/mol. The highest BCUT2D eigenvalue weighted by molar-refractivity contribution is 4.88. The van der Waals surface area contributed by atoms with Crippen LogP contribution in [-0.4, -0.2) is 48.3 Å². The van der Waals surface area contributed by atoms with Crippen LogP contribution in [0.4, 0.5) is 0 Å². The average Bonchev–Trinajstić information content (AvgIpc) is 3.20. The zero-order valence-electron chi connectivity index (χ0n) is 13.8. The summed E-state index contributed by atoms with van der Waals surface area (Å²) in [5.74, 6) is 2.61. The number of hydrogen-bond donors (Lipinski definition) is 2. The third-order valence-corrected chi connectivity index (χ3v) is 5.82. The number of piperidine rings is 1. The predicted molar refractivity (Wildman–Crippen MR) is 87.3 cm³/mol. The molecule has 1 heterocycles. The van der Waals surface area contributed by atoms with Crippen molar-refractivity contribution in [3.05, 3.63) is 0 Å². The molecule has 1 aliphatic heterocycles. The van der Waals surface area contributed by atoms with Gasteiger partial charge in [0.25, 0.3) is 0 Å². The van der Waals surface area contributed by atoms with Crippen LogP contribution in [0.15, 0.2) is 0 Å². The smallest absolute Gasteiger partial charge is 0.0540 e. The van der Waals surface area contributed by atoms with Gasteiger partial charge in [-0.05, 0) is 69.2 Å². The maximum absolute atomic E-state index is 10.0. The van der Waals surface area contributed by atoms with Crippen molar-refractivity contribution in [1.29, 1.82) is 0 Å². The molecule has 2 saturated carbocycles. The third kappa shape index (κ3) is 4.94. The minimum atomic E-state index is -0.0943. The van der Waals surface area contributed by atoms with Gasteiger partial charge in [0, 0.05) is 25.7 Å². The molecule has 0 amide bonds. The Kier molecular flexibility index (Phi) is 5.58. The van der Waals surface area contributed by atoms with Crippen LogP contribution >= 0.6 is 0 Å². The Bertz CT molecular complexity index is 314. The van der Waals surface area contributed by atoms with E-state index in [2.05, 4.69) is 17.1 Å². The van der Waals surface area contributed by atoms with Crippen LogP contribution in [0.25, 0.3) is 0 Å². The van der Waals surface area contributed by atoms with Crippen LogP contribution in [0.1, 0.15) is 58.3 Å². The molecule has 3 aliphatic rings. The Labute approximate surface area is 130 Å². The first-order chi connectivity index (χ1) is 10.2. The summed E-state index contributed by atoms with van der Waals surface area (Å²) in [6.45, 7) is 7.09. The van der Waals surface area contributed by atoms with E-state index < -0.39 is 0 Å². The van der Waals surface area contributed by atoms with Gasteiger partial charge in [-0.15, -0.1) is 0 Å². The van der Waals surface area contributed by atoms with E-state index in [1.54, 1.807) is 0 Å². The van der Waals surface area contributed by atoms with Gasteiger partial charge in [-0.25, -0.2) is 0 Å². The fraction of sp³-hybridized carbons (Fsp3) is 1.00. The van der Waals surface area contributed by atoms with Gasteiger partial charge in [0.2, 0.25) is 0 Å². The van der Waals surface area contributed by atoms with E-state index in [9.17, 15) is 5.11 Å². The second-order valence-corrected chi connectivity index (χ2v) is 7.96. The lowest BCUT2D eigenvalue weighted by atomic mass is 9.84. The molecular formula is C18H34N2O. The van der Waals surface area contributed by atoms with Gasteiger partial charge in [0.15, 0.2) is 0 Å². The molecule has 0 radical (unpaired) electrons.